The van der Waals surface area contributed by atoms with Crippen LogP contribution in [0.2, 0.25) is 0 Å². The van der Waals surface area contributed by atoms with Gasteiger partial charge < -0.3 is 9.32 Å². The first-order valence-corrected chi connectivity index (χ1v) is 7.70. The lowest BCUT2D eigenvalue weighted by Crippen LogP contribution is -2.14. The SMILES string of the molecule is CN(C)c1cc(C(F)(F)F)cc(-c2ccc(-c3ccc(C=O)o3)cc2)n1. The quantitative estimate of drug-likeness (QED) is 0.621. The van der Waals surface area contributed by atoms with Crippen LogP contribution < -0.4 is 4.90 Å². The number of rotatable bonds is 4. The molecule has 1 aromatic carbocycles. The normalized spacial score (nSPS) is 11.4. The fourth-order valence-corrected chi connectivity index (χ4v) is 2.43. The van der Waals surface area contributed by atoms with E-state index in [4.69, 9.17) is 4.42 Å². The lowest BCUT2D eigenvalue weighted by Gasteiger charge is -2.16. The Morgan fingerprint density at radius 1 is 1.00 bits per heavy atom. The highest BCUT2D eigenvalue weighted by Gasteiger charge is 2.32. The molecule has 2 heterocycles. The van der Waals surface area contributed by atoms with Crippen molar-refractivity contribution in [3.63, 3.8) is 0 Å². The molecule has 0 spiro atoms. The summed E-state index contributed by atoms with van der Waals surface area (Å²) in [6.45, 7) is 0. The summed E-state index contributed by atoms with van der Waals surface area (Å²) < 4.78 is 44.8. The summed E-state index contributed by atoms with van der Waals surface area (Å²) >= 11 is 0. The molecular formula is C19H15F3N2O2. The average molecular weight is 360 g/mol. The minimum absolute atomic E-state index is 0.208. The molecule has 0 amide bonds. The lowest BCUT2D eigenvalue weighted by molar-refractivity contribution is -0.137. The first kappa shape index (κ1) is 17.7. The Labute approximate surface area is 147 Å². The minimum atomic E-state index is -4.46. The third-order valence-corrected chi connectivity index (χ3v) is 3.81. The monoisotopic (exact) mass is 360 g/mol. The zero-order valence-electron chi connectivity index (χ0n) is 14.0. The van der Waals surface area contributed by atoms with Gasteiger partial charge in [0.2, 0.25) is 0 Å². The summed E-state index contributed by atoms with van der Waals surface area (Å²) in [6, 6.07) is 12.0. The molecule has 0 aliphatic heterocycles. The van der Waals surface area contributed by atoms with E-state index in [0.717, 1.165) is 12.1 Å². The van der Waals surface area contributed by atoms with Gasteiger partial charge in [-0.05, 0) is 24.3 Å². The van der Waals surface area contributed by atoms with E-state index in [1.807, 2.05) is 0 Å². The zero-order chi connectivity index (χ0) is 18.9. The Hall–Kier alpha value is -3.09. The molecule has 0 bridgehead atoms. The van der Waals surface area contributed by atoms with E-state index in [1.165, 1.54) is 4.90 Å². The zero-order valence-corrected chi connectivity index (χ0v) is 14.0. The first-order chi connectivity index (χ1) is 12.3. The molecule has 26 heavy (non-hydrogen) atoms. The maximum atomic E-state index is 13.2. The molecule has 0 aliphatic carbocycles. The number of furan rings is 1. The van der Waals surface area contributed by atoms with Crippen LogP contribution in [0.5, 0.6) is 0 Å². The van der Waals surface area contributed by atoms with Crippen molar-refractivity contribution < 1.29 is 22.4 Å². The second-order valence-electron chi connectivity index (χ2n) is 5.89. The average Bonchev–Trinajstić information content (AvgIpc) is 3.10. The van der Waals surface area contributed by atoms with E-state index in [-0.39, 0.29) is 17.3 Å². The van der Waals surface area contributed by atoms with Crippen LogP contribution in [0, 0.1) is 0 Å². The summed E-state index contributed by atoms with van der Waals surface area (Å²) in [5.74, 6) is 0.935. The van der Waals surface area contributed by atoms with Gasteiger partial charge in [-0.25, -0.2) is 4.98 Å². The van der Waals surface area contributed by atoms with Crippen LogP contribution in [0.25, 0.3) is 22.6 Å². The minimum Gasteiger partial charge on any atom is -0.453 e. The van der Waals surface area contributed by atoms with E-state index in [1.54, 1.807) is 50.5 Å². The molecular weight excluding hydrogens is 345 g/mol. The van der Waals surface area contributed by atoms with Crippen molar-refractivity contribution in [1.29, 1.82) is 0 Å². The van der Waals surface area contributed by atoms with Crippen LogP contribution in [0.4, 0.5) is 19.0 Å². The summed E-state index contributed by atoms with van der Waals surface area (Å²) in [5.41, 5.74) is 0.729. The summed E-state index contributed by atoms with van der Waals surface area (Å²) in [6.07, 6.45) is -3.85. The van der Waals surface area contributed by atoms with Crippen molar-refractivity contribution in [1.82, 2.24) is 4.98 Å². The number of aromatic nitrogens is 1. The Bertz CT molecular complexity index is 929. The van der Waals surface area contributed by atoms with Crippen LogP contribution >= 0.6 is 0 Å². The van der Waals surface area contributed by atoms with Gasteiger partial charge in [0.25, 0.3) is 0 Å². The number of carbonyl (C=O) groups is 1. The second-order valence-corrected chi connectivity index (χ2v) is 5.89. The van der Waals surface area contributed by atoms with Crippen molar-refractivity contribution in [3.8, 4) is 22.6 Å². The number of benzene rings is 1. The van der Waals surface area contributed by atoms with Gasteiger partial charge in [0.15, 0.2) is 12.0 Å². The highest BCUT2D eigenvalue weighted by Crippen LogP contribution is 2.34. The molecule has 3 aromatic rings. The maximum Gasteiger partial charge on any atom is 0.416 e. The van der Waals surface area contributed by atoms with Crippen LogP contribution in [0.3, 0.4) is 0 Å². The van der Waals surface area contributed by atoms with Crippen LogP contribution in [0.1, 0.15) is 16.1 Å². The number of hydrogen-bond donors (Lipinski definition) is 0. The summed E-state index contributed by atoms with van der Waals surface area (Å²) in [4.78, 5) is 16.5. The maximum absolute atomic E-state index is 13.2. The van der Waals surface area contributed by atoms with Gasteiger partial charge in [-0.3, -0.25) is 4.79 Å². The van der Waals surface area contributed by atoms with Gasteiger partial charge in [-0.15, -0.1) is 0 Å². The van der Waals surface area contributed by atoms with Crippen LogP contribution in [-0.2, 0) is 6.18 Å². The Morgan fingerprint density at radius 3 is 2.19 bits per heavy atom. The molecule has 3 rings (SSSR count). The molecule has 0 atom stereocenters. The third-order valence-electron chi connectivity index (χ3n) is 3.81. The van der Waals surface area contributed by atoms with E-state index < -0.39 is 11.7 Å². The topological polar surface area (TPSA) is 46.3 Å². The molecule has 0 fully saturated rings. The smallest absolute Gasteiger partial charge is 0.416 e. The molecule has 0 radical (unpaired) electrons. The van der Waals surface area contributed by atoms with Crippen LogP contribution in [0.15, 0.2) is 52.9 Å². The Morgan fingerprint density at radius 2 is 1.65 bits per heavy atom. The molecule has 0 N–H and O–H groups in total. The highest BCUT2D eigenvalue weighted by molar-refractivity contribution is 5.73. The number of alkyl halides is 3. The fraction of sp³-hybridized carbons (Fsp3) is 0.158. The number of halogens is 3. The van der Waals surface area contributed by atoms with E-state index >= 15 is 0 Å². The largest absolute Gasteiger partial charge is 0.453 e. The number of carbonyl (C=O) groups excluding carboxylic acids is 1. The number of hydrogen-bond acceptors (Lipinski definition) is 4. The molecule has 2 aromatic heterocycles. The number of anilines is 1. The van der Waals surface area contributed by atoms with Gasteiger partial charge in [0.05, 0.1) is 11.3 Å². The van der Waals surface area contributed by atoms with Crippen LogP contribution in [-0.4, -0.2) is 25.4 Å². The third kappa shape index (κ3) is 3.61. The van der Waals surface area contributed by atoms with Crippen molar-refractivity contribution in [3.05, 3.63) is 59.9 Å². The van der Waals surface area contributed by atoms with E-state index in [0.29, 0.717) is 23.2 Å². The standard InChI is InChI=1S/C19H15F3N2O2/c1-24(2)18-10-14(19(20,21)22)9-16(23-18)12-3-5-13(6-4-12)17-8-7-15(11-25)26-17/h3-11H,1-2H3. The lowest BCUT2D eigenvalue weighted by atomic mass is 10.1. The van der Waals surface area contributed by atoms with Gasteiger partial charge >= 0.3 is 6.18 Å². The van der Waals surface area contributed by atoms with Crippen molar-refractivity contribution in [2.45, 2.75) is 6.18 Å². The molecule has 7 heteroatoms. The van der Waals surface area contributed by atoms with E-state index in [2.05, 4.69) is 4.98 Å². The number of pyridine rings is 1. The van der Waals surface area contributed by atoms with Gasteiger partial charge in [0, 0.05) is 25.2 Å². The molecule has 134 valence electrons. The molecule has 0 unspecified atom stereocenters. The molecule has 0 saturated heterocycles. The van der Waals surface area contributed by atoms with Gasteiger partial charge in [0.1, 0.15) is 11.6 Å². The number of nitrogens with zero attached hydrogens (tertiary/aromatic N) is 2. The predicted octanol–water partition coefficient (Wildman–Crippen LogP) is 4.91. The molecule has 4 nitrogen and oxygen atoms in total. The van der Waals surface area contributed by atoms with Crippen molar-refractivity contribution in [2.24, 2.45) is 0 Å². The van der Waals surface area contributed by atoms with Crippen molar-refractivity contribution >= 4 is 12.1 Å². The Balaban J connectivity index is 2.00. The van der Waals surface area contributed by atoms with Gasteiger partial charge in [-0.1, -0.05) is 24.3 Å². The van der Waals surface area contributed by atoms with E-state index in [9.17, 15) is 18.0 Å². The Kier molecular flexibility index (Phi) is 4.54. The summed E-state index contributed by atoms with van der Waals surface area (Å²) in [7, 11) is 3.27. The predicted molar refractivity (Wildman–Crippen MR) is 92.1 cm³/mol. The summed E-state index contributed by atoms with van der Waals surface area (Å²) in [5, 5.41) is 0. The number of aldehydes is 1. The van der Waals surface area contributed by atoms with Crippen molar-refractivity contribution in [2.75, 3.05) is 19.0 Å². The van der Waals surface area contributed by atoms with Gasteiger partial charge in [-0.2, -0.15) is 13.2 Å². The second kappa shape index (κ2) is 6.67. The molecule has 0 aliphatic rings. The molecule has 0 saturated carbocycles. The fourth-order valence-electron chi connectivity index (χ4n) is 2.43. The first-order valence-electron chi connectivity index (χ1n) is 7.70. The highest BCUT2D eigenvalue weighted by atomic mass is 19.4.